The van der Waals surface area contributed by atoms with Crippen molar-refractivity contribution in [2.45, 2.75) is 39.2 Å². The Kier molecular flexibility index (Phi) is 8.83. The highest BCUT2D eigenvalue weighted by Crippen LogP contribution is 2.27. The number of ether oxygens (including phenoxy) is 2. The zero-order chi connectivity index (χ0) is 14.6. The molecule has 0 aromatic heterocycles. The molecule has 0 saturated heterocycles. The first-order valence-electron chi connectivity index (χ1n) is 7.43. The fourth-order valence-corrected chi connectivity index (χ4v) is 2.05. The summed E-state index contributed by atoms with van der Waals surface area (Å²) in [4.78, 5) is 0. The van der Waals surface area contributed by atoms with Crippen LogP contribution in [0, 0.1) is 0 Å². The van der Waals surface area contributed by atoms with Gasteiger partial charge in [-0.15, -0.1) is 0 Å². The number of methoxy groups -OCH3 is 1. The van der Waals surface area contributed by atoms with Gasteiger partial charge >= 0.3 is 0 Å². The van der Waals surface area contributed by atoms with E-state index in [0.717, 1.165) is 43.9 Å². The summed E-state index contributed by atoms with van der Waals surface area (Å²) < 4.78 is 10.8. The Labute approximate surface area is 122 Å². The number of unbranched alkanes of at least 4 members (excludes halogenated alkanes) is 3. The van der Waals surface area contributed by atoms with Crippen LogP contribution in [0.5, 0.6) is 11.5 Å². The Morgan fingerprint density at radius 1 is 1.10 bits per heavy atom. The van der Waals surface area contributed by atoms with E-state index >= 15 is 0 Å². The van der Waals surface area contributed by atoms with Gasteiger partial charge in [-0.25, -0.2) is 0 Å². The molecule has 0 saturated carbocycles. The van der Waals surface area contributed by atoms with Gasteiger partial charge in [0.15, 0.2) is 11.5 Å². The minimum absolute atomic E-state index is 0.305. The van der Waals surface area contributed by atoms with Crippen molar-refractivity contribution in [1.82, 2.24) is 5.32 Å². The average Bonchev–Trinajstić information content (AvgIpc) is 2.47. The molecule has 20 heavy (non-hydrogen) atoms. The second-order valence-electron chi connectivity index (χ2n) is 4.73. The molecule has 1 aromatic carbocycles. The van der Waals surface area contributed by atoms with Gasteiger partial charge in [-0.1, -0.05) is 18.9 Å². The molecule has 0 fully saturated rings. The molecule has 0 aliphatic rings. The van der Waals surface area contributed by atoms with Crippen LogP contribution in [-0.4, -0.2) is 32.0 Å². The molecule has 2 N–H and O–H groups in total. The molecule has 1 aromatic rings. The van der Waals surface area contributed by atoms with Crippen molar-refractivity contribution in [3.05, 3.63) is 23.8 Å². The van der Waals surface area contributed by atoms with E-state index in [-0.39, 0.29) is 0 Å². The molecule has 0 spiro atoms. The van der Waals surface area contributed by atoms with Gasteiger partial charge in [0.25, 0.3) is 0 Å². The number of nitrogens with one attached hydrogen (secondary N) is 1. The third-order valence-corrected chi connectivity index (χ3v) is 3.12. The molecular formula is C16H27NO3. The van der Waals surface area contributed by atoms with E-state index in [2.05, 4.69) is 11.4 Å². The van der Waals surface area contributed by atoms with Gasteiger partial charge in [0, 0.05) is 13.2 Å². The molecule has 0 radical (unpaired) electrons. The fraction of sp³-hybridized carbons (Fsp3) is 0.625. The first-order valence-corrected chi connectivity index (χ1v) is 7.43. The SMILES string of the molecule is CCOc1cc(CNCCCCCCO)ccc1OC. The standard InChI is InChI=1S/C16H27NO3/c1-3-20-16-12-14(8-9-15(16)19-2)13-17-10-6-4-5-7-11-18/h8-9,12,17-18H,3-7,10-11,13H2,1-2H3. The van der Waals surface area contributed by atoms with Crippen LogP contribution in [0.15, 0.2) is 18.2 Å². The van der Waals surface area contributed by atoms with E-state index in [1.54, 1.807) is 7.11 Å². The highest BCUT2D eigenvalue weighted by molar-refractivity contribution is 5.42. The molecular weight excluding hydrogens is 254 g/mol. The van der Waals surface area contributed by atoms with Crippen LogP contribution in [0.2, 0.25) is 0 Å². The highest BCUT2D eigenvalue weighted by Gasteiger charge is 2.04. The minimum Gasteiger partial charge on any atom is -0.493 e. The molecule has 4 nitrogen and oxygen atoms in total. The van der Waals surface area contributed by atoms with Gasteiger partial charge in [-0.2, -0.15) is 0 Å². The Morgan fingerprint density at radius 2 is 1.90 bits per heavy atom. The summed E-state index contributed by atoms with van der Waals surface area (Å²) in [5.74, 6) is 1.58. The molecule has 1 rings (SSSR count). The molecule has 0 bridgehead atoms. The topological polar surface area (TPSA) is 50.7 Å². The fourth-order valence-electron chi connectivity index (χ4n) is 2.05. The lowest BCUT2D eigenvalue weighted by molar-refractivity contribution is 0.282. The third kappa shape index (κ3) is 6.26. The summed E-state index contributed by atoms with van der Waals surface area (Å²) in [5, 5.41) is 12.1. The number of hydrogen-bond acceptors (Lipinski definition) is 4. The predicted molar refractivity (Wildman–Crippen MR) is 81.4 cm³/mol. The second-order valence-corrected chi connectivity index (χ2v) is 4.73. The van der Waals surface area contributed by atoms with Crippen LogP contribution in [0.25, 0.3) is 0 Å². The van der Waals surface area contributed by atoms with Gasteiger partial charge in [0.1, 0.15) is 0 Å². The molecule has 0 amide bonds. The summed E-state index contributed by atoms with van der Waals surface area (Å²) in [5.41, 5.74) is 1.20. The van der Waals surface area contributed by atoms with Gasteiger partial charge in [0.05, 0.1) is 13.7 Å². The quantitative estimate of drug-likeness (QED) is 0.612. The van der Waals surface area contributed by atoms with Crippen molar-refractivity contribution in [3.63, 3.8) is 0 Å². The summed E-state index contributed by atoms with van der Waals surface area (Å²) in [7, 11) is 1.65. The van der Waals surface area contributed by atoms with E-state index in [1.807, 2.05) is 19.1 Å². The smallest absolute Gasteiger partial charge is 0.161 e. The van der Waals surface area contributed by atoms with Crippen molar-refractivity contribution < 1.29 is 14.6 Å². The first-order chi connectivity index (χ1) is 9.81. The highest BCUT2D eigenvalue weighted by atomic mass is 16.5. The van der Waals surface area contributed by atoms with Gasteiger partial charge in [-0.05, 0) is 44.0 Å². The number of benzene rings is 1. The van der Waals surface area contributed by atoms with Crippen LogP contribution in [0.3, 0.4) is 0 Å². The molecule has 0 atom stereocenters. The van der Waals surface area contributed by atoms with E-state index in [0.29, 0.717) is 13.2 Å². The van der Waals surface area contributed by atoms with Gasteiger partial charge in [0.2, 0.25) is 0 Å². The average molecular weight is 281 g/mol. The van der Waals surface area contributed by atoms with Crippen molar-refractivity contribution in [2.75, 3.05) is 26.9 Å². The Morgan fingerprint density at radius 3 is 2.60 bits per heavy atom. The lowest BCUT2D eigenvalue weighted by atomic mass is 10.2. The van der Waals surface area contributed by atoms with Crippen LogP contribution in [-0.2, 0) is 6.54 Å². The number of rotatable bonds is 11. The Hall–Kier alpha value is -1.26. The van der Waals surface area contributed by atoms with Crippen molar-refractivity contribution in [3.8, 4) is 11.5 Å². The Balaban J connectivity index is 2.31. The normalized spacial score (nSPS) is 10.6. The molecule has 0 heterocycles. The van der Waals surface area contributed by atoms with E-state index < -0.39 is 0 Å². The van der Waals surface area contributed by atoms with Gasteiger partial charge < -0.3 is 19.9 Å². The van der Waals surface area contributed by atoms with Crippen molar-refractivity contribution in [2.24, 2.45) is 0 Å². The van der Waals surface area contributed by atoms with E-state index in [4.69, 9.17) is 14.6 Å². The maximum Gasteiger partial charge on any atom is 0.161 e. The largest absolute Gasteiger partial charge is 0.493 e. The first kappa shape index (κ1) is 16.8. The van der Waals surface area contributed by atoms with Crippen molar-refractivity contribution in [1.29, 1.82) is 0 Å². The molecule has 0 unspecified atom stereocenters. The van der Waals surface area contributed by atoms with E-state index in [1.165, 1.54) is 12.0 Å². The maximum absolute atomic E-state index is 8.69. The molecule has 0 aliphatic carbocycles. The Bertz CT molecular complexity index is 369. The zero-order valence-electron chi connectivity index (χ0n) is 12.7. The second kappa shape index (κ2) is 10.5. The van der Waals surface area contributed by atoms with Gasteiger partial charge in [-0.3, -0.25) is 0 Å². The summed E-state index contributed by atoms with van der Waals surface area (Å²) in [6.07, 6.45) is 4.33. The number of aliphatic hydroxyl groups excluding tert-OH is 1. The van der Waals surface area contributed by atoms with Crippen LogP contribution in [0.1, 0.15) is 38.2 Å². The lowest BCUT2D eigenvalue weighted by Gasteiger charge is -2.11. The number of hydrogen-bond donors (Lipinski definition) is 2. The van der Waals surface area contributed by atoms with Crippen LogP contribution in [0.4, 0.5) is 0 Å². The summed E-state index contributed by atoms with van der Waals surface area (Å²) in [6, 6.07) is 6.03. The molecule has 4 heteroatoms. The summed E-state index contributed by atoms with van der Waals surface area (Å²) in [6.45, 7) is 4.75. The third-order valence-electron chi connectivity index (χ3n) is 3.12. The van der Waals surface area contributed by atoms with E-state index in [9.17, 15) is 0 Å². The lowest BCUT2D eigenvalue weighted by Crippen LogP contribution is -2.14. The zero-order valence-corrected chi connectivity index (χ0v) is 12.7. The summed E-state index contributed by atoms with van der Waals surface area (Å²) >= 11 is 0. The minimum atomic E-state index is 0.305. The van der Waals surface area contributed by atoms with Crippen LogP contribution < -0.4 is 14.8 Å². The maximum atomic E-state index is 8.69. The molecule has 114 valence electrons. The predicted octanol–water partition coefficient (Wildman–Crippen LogP) is 2.74. The monoisotopic (exact) mass is 281 g/mol. The van der Waals surface area contributed by atoms with Crippen molar-refractivity contribution >= 4 is 0 Å². The number of aliphatic hydroxyl groups is 1. The molecule has 0 aliphatic heterocycles. The van der Waals surface area contributed by atoms with Crippen LogP contribution >= 0.6 is 0 Å².